The molecule has 2 rings (SSSR count). The maximum absolute atomic E-state index is 12.7. The molecule has 7 heteroatoms. The first kappa shape index (κ1) is 15.3. The molecule has 0 aliphatic carbocycles. The number of sulfonamides is 1. The zero-order chi connectivity index (χ0) is 15.6. The Morgan fingerprint density at radius 3 is 2.57 bits per heavy atom. The highest BCUT2D eigenvalue weighted by Crippen LogP contribution is 2.28. The van der Waals surface area contributed by atoms with Gasteiger partial charge >= 0.3 is 0 Å². The van der Waals surface area contributed by atoms with Crippen molar-refractivity contribution in [1.82, 2.24) is 4.98 Å². The molecule has 0 saturated heterocycles. The van der Waals surface area contributed by atoms with Gasteiger partial charge in [-0.3, -0.25) is 4.31 Å². The van der Waals surface area contributed by atoms with Crippen LogP contribution >= 0.6 is 0 Å². The zero-order valence-electron chi connectivity index (χ0n) is 12.2. The smallest absolute Gasteiger partial charge is 0.267 e. The molecule has 0 unspecified atom stereocenters. The molecule has 112 valence electrons. The largest absolute Gasteiger partial charge is 0.307 e. The Morgan fingerprint density at radius 2 is 1.95 bits per heavy atom. The maximum Gasteiger partial charge on any atom is 0.267 e. The van der Waals surface area contributed by atoms with E-state index in [9.17, 15) is 8.42 Å². The Hall–Kier alpha value is -2.12. The molecule has 1 aromatic carbocycles. The molecule has 2 aromatic rings. The fraction of sp³-hybridized carbons (Fsp3) is 0.214. The molecule has 0 aliphatic heterocycles. The second-order valence-corrected chi connectivity index (χ2v) is 6.69. The van der Waals surface area contributed by atoms with E-state index < -0.39 is 10.0 Å². The molecule has 3 N–H and O–H groups in total. The summed E-state index contributed by atoms with van der Waals surface area (Å²) in [5.41, 5.74) is 4.89. The van der Waals surface area contributed by atoms with Crippen molar-refractivity contribution in [2.45, 2.75) is 18.7 Å². The van der Waals surface area contributed by atoms with E-state index in [1.165, 1.54) is 23.6 Å². The van der Waals surface area contributed by atoms with Gasteiger partial charge in [-0.15, -0.1) is 0 Å². The highest BCUT2D eigenvalue weighted by Gasteiger charge is 2.25. The topological polar surface area (TPSA) is 88.3 Å². The minimum Gasteiger partial charge on any atom is -0.307 e. The van der Waals surface area contributed by atoms with Crippen LogP contribution in [-0.4, -0.2) is 20.4 Å². The summed E-state index contributed by atoms with van der Waals surface area (Å²) < 4.78 is 26.7. The summed E-state index contributed by atoms with van der Waals surface area (Å²) in [5.74, 6) is 5.46. The number of nitrogens with one attached hydrogen (secondary N) is 1. The van der Waals surface area contributed by atoms with Crippen LogP contribution in [0.3, 0.4) is 0 Å². The van der Waals surface area contributed by atoms with E-state index in [1.807, 2.05) is 26.0 Å². The van der Waals surface area contributed by atoms with Crippen LogP contribution in [-0.2, 0) is 10.0 Å². The number of aromatic nitrogens is 1. The van der Waals surface area contributed by atoms with Gasteiger partial charge in [0.05, 0.1) is 5.69 Å². The van der Waals surface area contributed by atoms with Crippen molar-refractivity contribution in [2.24, 2.45) is 5.84 Å². The van der Waals surface area contributed by atoms with Crippen LogP contribution in [0.2, 0.25) is 0 Å². The van der Waals surface area contributed by atoms with Crippen molar-refractivity contribution in [3.8, 4) is 0 Å². The lowest BCUT2D eigenvalue weighted by atomic mass is 10.1. The SMILES string of the molecule is Cc1ccc(N(C)S(=O)(=O)c2cccnc2NN)c(C)c1. The van der Waals surface area contributed by atoms with Crippen LogP contribution < -0.4 is 15.6 Å². The number of rotatable bonds is 4. The van der Waals surface area contributed by atoms with Gasteiger partial charge in [0.2, 0.25) is 0 Å². The number of hydrazine groups is 1. The highest BCUT2D eigenvalue weighted by atomic mass is 32.2. The molecule has 21 heavy (non-hydrogen) atoms. The Morgan fingerprint density at radius 1 is 1.24 bits per heavy atom. The molecule has 0 atom stereocenters. The summed E-state index contributed by atoms with van der Waals surface area (Å²) in [4.78, 5) is 3.97. The van der Waals surface area contributed by atoms with Gasteiger partial charge in [-0.25, -0.2) is 19.2 Å². The predicted molar refractivity (Wildman–Crippen MR) is 83.6 cm³/mol. The molecule has 0 aliphatic rings. The van der Waals surface area contributed by atoms with Crippen LogP contribution in [0, 0.1) is 13.8 Å². The lowest BCUT2D eigenvalue weighted by Crippen LogP contribution is -2.28. The van der Waals surface area contributed by atoms with Crippen molar-refractivity contribution >= 4 is 21.5 Å². The Bertz CT molecular complexity index is 759. The van der Waals surface area contributed by atoms with E-state index in [2.05, 4.69) is 10.4 Å². The summed E-state index contributed by atoms with van der Waals surface area (Å²) in [6.07, 6.45) is 1.48. The van der Waals surface area contributed by atoms with Crippen LogP contribution in [0.25, 0.3) is 0 Å². The lowest BCUT2D eigenvalue weighted by molar-refractivity contribution is 0.594. The van der Waals surface area contributed by atoms with Crippen LogP contribution in [0.15, 0.2) is 41.4 Å². The number of nitrogen functional groups attached to an aromatic ring is 1. The molecule has 1 aromatic heterocycles. The maximum atomic E-state index is 12.7. The van der Waals surface area contributed by atoms with Crippen LogP contribution in [0.1, 0.15) is 11.1 Å². The highest BCUT2D eigenvalue weighted by molar-refractivity contribution is 7.93. The molecular weight excluding hydrogens is 288 g/mol. The first-order valence-corrected chi connectivity index (χ1v) is 7.79. The summed E-state index contributed by atoms with van der Waals surface area (Å²) in [5, 5.41) is 0. The molecule has 1 heterocycles. The molecule has 0 bridgehead atoms. The third-order valence-corrected chi connectivity index (χ3v) is 5.04. The molecule has 0 spiro atoms. The Balaban J connectivity index is 2.53. The molecule has 0 amide bonds. The second-order valence-electron chi connectivity index (χ2n) is 4.76. The normalized spacial score (nSPS) is 11.2. The molecule has 0 radical (unpaired) electrons. The van der Waals surface area contributed by atoms with E-state index >= 15 is 0 Å². The van der Waals surface area contributed by atoms with Crippen molar-refractivity contribution in [3.63, 3.8) is 0 Å². The van der Waals surface area contributed by atoms with Gasteiger partial charge < -0.3 is 5.43 Å². The van der Waals surface area contributed by atoms with E-state index in [0.29, 0.717) is 5.69 Å². The molecule has 0 fully saturated rings. The van der Waals surface area contributed by atoms with Crippen molar-refractivity contribution in [2.75, 3.05) is 16.8 Å². The van der Waals surface area contributed by atoms with Gasteiger partial charge in [-0.05, 0) is 37.6 Å². The fourth-order valence-corrected chi connectivity index (χ4v) is 3.51. The van der Waals surface area contributed by atoms with Crippen molar-refractivity contribution < 1.29 is 8.42 Å². The summed E-state index contributed by atoms with van der Waals surface area (Å²) >= 11 is 0. The van der Waals surface area contributed by atoms with E-state index in [-0.39, 0.29) is 10.7 Å². The monoisotopic (exact) mass is 306 g/mol. The van der Waals surface area contributed by atoms with Crippen LogP contribution in [0.4, 0.5) is 11.5 Å². The van der Waals surface area contributed by atoms with E-state index in [0.717, 1.165) is 11.1 Å². The van der Waals surface area contributed by atoms with Crippen molar-refractivity contribution in [1.29, 1.82) is 0 Å². The van der Waals surface area contributed by atoms with Gasteiger partial charge in [0.25, 0.3) is 10.0 Å². The van der Waals surface area contributed by atoms with Gasteiger partial charge in [0.15, 0.2) is 5.82 Å². The van der Waals surface area contributed by atoms with Gasteiger partial charge in [0, 0.05) is 13.2 Å². The number of hydrogen-bond donors (Lipinski definition) is 2. The van der Waals surface area contributed by atoms with Gasteiger partial charge in [-0.2, -0.15) is 0 Å². The summed E-state index contributed by atoms with van der Waals surface area (Å²) in [6, 6.07) is 8.63. The average Bonchev–Trinajstić information content (AvgIpc) is 2.46. The first-order valence-electron chi connectivity index (χ1n) is 6.35. The number of hydrogen-bond acceptors (Lipinski definition) is 5. The number of nitrogens with zero attached hydrogens (tertiary/aromatic N) is 2. The van der Waals surface area contributed by atoms with E-state index in [4.69, 9.17) is 5.84 Å². The lowest BCUT2D eigenvalue weighted by Gasteiger charge is -2.22. The average molecular weight is 306 g/mol. The number of aryl methyl sites for hydroxylation is 2. The molecular formula is C14H18N4O2S. The fourth-order valence-electron chi connectivity index (χ4n) is 2.14. The Labute approximate surface area is 124 Å². The predicted octanol–water partition coefficient (Wildman–Crippen LogP) is 1.81. The standard InChI is InChI=1S/C14H18N4O2S/c1-10-6-7-12(11(2)9-10)18(3)21(19,20)13-5-4-8-16-14(13)17-15/h4-9H,15H2,1-3H3,(H,16,17). The van der Waals surface area contributed by atoms with Crippen LogP contribution in [0.5, 0.6) is 0 Å². The van der Waals surface area contributed by atoms with Gasteiger partial charge in [-0.1, -0.05) is 17.7 Å². The van der Waals surface area contributed by atoms with Crippen molar-refractivity contribution in [3.05, 3.63) is 47.7 Å². The van der Waals surface area contributed by atoms with Gasteiger partial charge in [0.1, 0.15) is 4.90 Å². The zero-order valence-corrected chi connectivity index (χ0v) is 13.0. The quantitative estimate of drug-likeness (QED) is 0.664. The molecule has 0 saturated carbocycles. The number of nitrogens with two attached hydrogens (primary N) is 1. The molecule has 6 nitrogen and oxygen atoms in total. The third kappa shape index (κ3) is 2.84. The number of pyridine rings is 1. The van der Waals surface area contributed by atoms with E-state index in [1.54, 1.807) is 12.1 Å². The second kappa shape index (κ2) is 5.71. The summed E-state index contributed by atoms with van der Waals surface area (Å²) in [6.45, 7) is 3.84. The number of anilines is 2. The minimum absolute atomic E-state index is 0.0370. The minimum atomic E-state index is -3.74. The number of benzene rings is 1. The first-order chi connectivity index (χ1) is 9.87. The third-order valence-electron chi connectivity index (χ3n) is 3.24. The Kier molecular flexibility index (Phi) is 4.15. The summed E-state index contributed by atoms with van der Waals surface area (Å²) in [7, 11) is -2.23.